The molecule has 1 rings (SSSR count). The summed E-state index contributed by atoms with van der Waals surface area (Å²) < 4.78 is 10.9. The number of ether oxygens (including phenoxy) is 2. The number of alkyl carbamates (subject to hydrolysis) is 1. The van der Waals surface area contributed by atoms with Crippen molar-refractivity contribution < 1.29 is 14.3 Å². The first-order valence-corrected chi connectivity index (χ1v) is 9.71. The van der Waals surface area contributed by atoms with E-state index < -0.39 is 5.60 Å². The van der Waals surface area contributed by atoms with Crippen molar-refractivity contribution in [1.82, 2.24) is 10.2 Å². The summed E-state index contributed by atoms with van der Waals surface area (Å²) in [4.78, 5) is 14.0. The molecule has 0 atom stereocenters. The Morgan fingerprint density at radius 2 is 1.77 bits per heavy atom. The highest BCUT2D eigenvalue weighted by molar-refractivity contribution is 5.67. The molecule has 5 nitrogen and oxygen atoms in total. The summed E-state index contributed by atoms with van der Waals surface area (Å²) >= 11 is 0. The second-order valence-corrected chi connectivity index (χ2v) is 7.51. The molecule has 0 saturated heterocycles. The van der Waals surface area contributed by atoms with Gasteiger partial charge in [0.25, 0.3) is 0 Å². The average Bonchev–Trinajstić information content (AvgIpc) is 2.56. The van der Waals surface area contributed by atoms with Gasteiger partial charge in [-0.25, -0.2) is 4.79 Å². The van der Waals surface area contributed by atoms with Crippen LogP contribution in [-0.4, -0.2) is 49.4 Å². The zero-order valence-electron chi connectivity index (χ0n) is 16.9. The number of carbonyl (C=O) groups is 1. The van der Waals surface area contributed by atoms with Gasteiger partial charge in [-0.15, -0.1) is 0 Å². The van der Waals surface area contributed by atoms with Gasteiger partial charge in [-0.2, -0.15) is 0 Å². The number of hydrogen-bond donors (Lipinski definition) is 1. The Morgan fingerprint density at radius 3 is 2.42 bits per heavy atom. The highest BCUT2D eigenvalue weighted by Crippen LogP contribution is 2.07. The van der Waals surface area contributed by atoms with Crippen molar-refractivity contribution in [3.05, 3.63) is 35.9 Å². The third-order valence-electron chi connectivity index (χ3n) is 3.69. The molecule has 0 spiro atoms. The number of nitrogens with one attached hydrogen (secondary N) is 1. The second-order valence-electron chi connectivity index (χ2n) is 7.51. The van der Waals surface area contributed by atoms with Gasteiger partial charge in [0.1, 0.15) is 5.60 Å². The Bertz CT molecular complexity index is 486. The minimum atomic E-state index is -0.454. The maximum absolute atomic E-state index is 11.5. The summed E-state index contributed by atoms with van der Waals surface area (Å²) in [5.74, 6) is 0. The van der Waals surface area contributed by atoms with Crippen LogP contribution in [0, 0.1) is 0 Å². The van der Waals surface area contributed by atoms with Gasteiger partial charge in [-0.1, -0.05) is 37.3 Å². The van der Waals surface area contributed by atoms with Crippen molar-refractivity contribution in [2.75, 3.05) is 32.8 Å². The highest BCUT2D eigenvalue weighted by atomic mass is 16.6. The molecule has 0 aliphatic rings. The summed E-state index contributed by atoms with van der Waals surface area (Å²) in [5.41, 5.74) is 0.903. The molecular formula is C21H36N2O3. The van der Waals surface area contributed by atoms with Crippen molar-refractivity contribution >= 4 is 6.09 Å². The number of hydrogen-bond acceptors (Lipinski definition) is 4. The maximum atomic E-state index is 11.5. The van der Waals surface area contributed by atoms with E-state index in [2.05, 4.69) is 47.5 Å². The minimum absolute atomic E-state index is 0.367. The molecular weight excluding hydrogens is 328 g/mol. The van der Waals surface area contributed by atoms with Gasteiger partial charge in [0, 0.05) is 32.8 Å². The molecule has 5 heteroatoms. The van der Waals surface area contributed by atoms with Crippen molar-refractivity contribution in [2.45, 2.75) is 59.1 Å². The maximum Gasteiger partial charge on any atom is 0.407 e. The molecule has 1 N–H and O–H groups in total. The lowest BCUT2D eigenvalue weighted by Crippen LogP contribution is -2.33. The summed E-state index contributed by atoms with van der Waals surface area (Å²) in [7, 11) is 0. The molecule has 0 unspecified atom stereocenters. The second kappa shape index (κ2) is 12.7. The SMILES string of the molecule is CCCN(CCCOCCCNC(=O)OC(C)(C)C)Cc1ccccc1. The zero-order chi connectivity index (χ0) is 19.3. The Kier molecular flexibility index (Phi) is 11.0. The Balaban J connectivity index is 2.06. The summed E-state index contributed by atoms with van der Waals surface area (Å²) in [5, 5.41) is 2.74. The lowest BCUT2D eigenvalue weighted by Gasteiger charge is -2.21. The smallest absolute Gasteiger partial charge is 0.407 e. The van der Waals surface area contributed by atoms with Crippen LogP contribution >= 0.6 is 0 Å². The van der Waals surface area contributed by atoms with Crippen molar-refractivity contribution in [1.29, 1.82) is 0 Å². The van der Waals surface area contributed by atoms with Gasteiger partial charge < -0.3 is 14.8 Å². The van der Waals surface area contributed by atoms with E-state index in [0.29, 0.717) is 13.2 Å². The standard InChI is InChI=1S/C21H36N2O3/c1-5-14-23(18-19-11-7-6-8-12-19)15-10-17-25-16-9-13-22-20(24)26-21(2,3)4/h6-8,11-12H,5,9-10,13-18H2,1-4H3,(H,22,24). The first-order valence-electron chi connectivity index (χ1n) is 9.71. The third kappa shape index (κ3) is 11.9. The minimum Gasteiger partial charge on any atom is -0.444 e. The van der Waals surface area contributed by atoms with Gasteiger partial charge in [-0.3, -0.25) is 4.90 Å². The summed E-state index contributed by atoms with van der Waals surface area (Å²) in [6.45, 7) is 12.9. The van der Waals surface area contributed by atoms with Gasteiger partial charge >= 0.3 is 6.09 Å². The van der Waals surface area contributed by atoms with Gasteiger partial charge in [0.15, 0.2) is 0 Å². The molecule has 0 saturated carbocycles. The molecule has 0 heterocycles. The predicted molar refractivity (Wildman–Crippen MR) is 106 cm³/mol. The molecule has 1 aromatic rings. The van der Waals surface area contributed by atoms with Gasteiger partial charge in [0.05, 0.1) is 0 Å². The van der Waals surface area contributed by atoms with E-state index in [1.54, 1.807) is 0 Å². The van der Waals surface area contributed by atoms with Crippen molar-refractivity contribution in [3.63, 3.8) is 0 Å². The highest BCUT2D eigenvalue weighted by Gasteiger charge is 2.15. The topological polar surface area (TPSA) is 50.8 Å². The first kappa shape index (κ1) is 22.5. The molecule has 148 valence electrons. The van der Waals surface area contributed by atoms with E-state index in [4.69, 9.17) is 9.47 Å². The van der Waals surface area contributed by atoms with Gasteiger partial charge in [-0.05, 0) is 52.1 Å². The molecule has 0 aliphatic carbocycles. The predicted octanol–water partition coefficient (Wildman–Crippen LogP) is 4.22. The normalized spacial score (nSPS) is 11.6. The number of rotatable bonds is 12. The van der Waals surface area contributed by atoms with E-state index >= 15 is 0 Å². The van der Waals surface area contributed by atoms with E-state index in [0.717, 1.165) is 45.5 Å². The van der Waals surface area contributed by atoms with Crippen molar-refractivity contribution in [3.8, 4) is 0 Å². The van der Waals surface area contributed by atoms with Gasteiger partial charge in [0.2, 0.25) is 0 Å². The quantitative estimate of drug-likeness (QED) is 0.564. The number of carbonyl (C=O) groups excluding carboxylic acids is 1. The van der Waals surface area contributed by atoms with Crippen LogP contribution in [0.5, 0.6) is 0 Å². The fourth-order valence-electron chi connectivity index (χ4n) is 2.60. The summed E-state index contributed by atoms with van der Waals surface area (Å²) in [6, 6.07) is 10.6. The van der Waals surface area contributed by atoms with E-state index in [1.165, 1.54) is 5.56 Å². The van der Waals surface area contributed by atoms with Crippen molar-refractivity contribution in [2.24, 2.45) is 0 Å². The number of amides is 1. The monoisotopic (exact) mass is 364 g/mol. The molecule has 0 aliphatic heterocycles. The Morgan fingerprint density at radius 1 is 1.08 bits per heavy atom. The lowest BCUT2D eigenvalue weighted by atomic mass is 10.2. The third-order valence-corrected chi connectivity index (χ3v) is 3.69. The number of benzene rings is 1. The fourth-order valence-corrected chi connectivity index (χ4v) is 2.60. The molecule has 1 aromatic carbocycles. The summed E-state index contributed by atoms with van der Waals surface area (Å²) in [6.07, 6.45) is 2.60. The molecule has 0 aromatic heterocycles. The van der Waals surface area contributed by atoms with Crippen LogP contribution in [0.4, 0.5) is 4.79 Å². The molecule has 0 radical (unpaired) electrons. The van der Waals surface area contributed by atoms with E-state index in [-0.39, 0.29) is 6.09 Å². The lowest BCUT2D eigenvalue weighted by molar-refractivity contribution is 0.0519. The van der Waals surface area contributed by atoms with Crippen LogP contribution in [0.15, 0.2) is 30.3 Å². The molecule has 1 amide bonds. The molecule has 0 bridgehead atoms. The van der Waals surface area contributed by atoms with E-state index in [1.807, 2.05) is 20.8 Å². The van der Waals surface area contributed by atoms with Crippen LogP contribution in [0.1, 0.15) is 52.5 Å². The average molecular weight is 365 g/mol. The van der Waals surface area contributed by atoms with Crippen LogP contribution in [0.2, 0.25) is 0 Å². The zero-order valence-corrected chi connectivity index (χ0v) is 16.9. The number of nitrogens with zero attached hydrogens (tertiary/aromatic N) is 1. The molecule has 26 heavy (non-hydrogen) atoms. The van der Waals surface area contributed by atoms with Crippen LogP contribution in [-0.2, 0) is 16.0 Å². The largest absolute Gasteiger partial charge is 0.444 e. The van der Waals surface area contributed by atoms with E-state index in [9.17, 15) is 4.79 Å². The van der Waals surface area contributed by atoms with Crippen LogP contribution < -0.4 is 5.32 Å². The molecule has 0 fully saturated rings. The Hall–Kier alpha value is -1.59. The fraction of sp³-hybridized carbons (Fsp3) is 0.667. The first-order chi connectivity index (χ1) is 12.4. The Labute approximate surface area is 159 Å². The van der Waals surface area contributed by atoms with Crippen LogP contribution in [0.3, 0.4) is 0 Å². The van der Waals surface area contributed by atoms with Crippen LogP contribution in [0.25, 0.3) is 0 Å².